The van der Waals surface area contributed by atoms with Crippen molar-refractivity contribution in [3.63, 3.8) is 0 Å². The summed E-state index contributed by atoms with van der Waals surface area (Å²) in [5, 5.41) is 0. The number of ether oxygens (including phenoxy) is 2. The highest BCUT2D eigenvalue weighted by molar-refractivity contribution is 5.78. The molecule has 0 saturated carbocycles. The third kappa shape index (κ3) is 3.86. The quantitative estimate of drug-likeness (QED) is 0.712. The van der Waals surface area contributed by atoms with Crippen LogP contribution in [0.5, 0.6) is 0 Å². The van der Waals surface area contributed by atoms with Crippen LogP contribution in [0.2, 0.25) is 0 Å². The lowest BCUT2D eigenvalue weighted by Crippen LogP contribution is -2.21. The molecule has 3 heteroatoms. The van der Waals surface area contributed by atoms with Crippen molar-refractivity contribution in [3.05, 3.63) is 35.4 Å². The minimum absolute atomic E-state index is 0.213. The first-order valence-corrected chi connectivity index (χ1v) is 6.00. The summed E-state index contributed by atoms with van der Waals surface area (Å²) in [5.74, 6) is -0.536. The fraction of sp³-hybridized carbons (Fsp3) is 0.500. The fourth-order valence-corrected chi connectivity index (χ4v) is 1.74. The van der Waals surface area contributed by atoms with Gasteiger partial charge in [-0.05, 0) is 31.9 Å². The fourth-order valence-electron chi connectivity index (χ4n) is 1.74. The Kier molecular flexibility index (Phi) is 5.70. The van der Waals surface area contributed by atoms with Crippen LogP contribution in [0.3, 0.4) is 0 Å². The van der Waals surface area contributed by atoms with Gasteiger partial charge in [-0.25, -0.2) is 0 Å². The molecule has 0 aliphatic carbocycles. The number of esters is 1. The van der Waals surface area contributed by atoms with Gasteiger partial charge >= 0.3 is 5.97 Å². The number of carbonyl (C=O) groups excluding carboxylic acids is 1. The van der Waals surface area contributed by atoms with Crippen molar-refractivity contribution >= 4 is 5.97 Å². The van der Waals surface area contributed by atoms with Gasteiger partial charge in [-0.15, -0.1) is 0 Å². The molecule has 0 aromatic heterocycles. The molecular formula is C14H20O3. The number of hydrogen-bond donors (Lipinski definition) is 0. The molecule has 1 aromatic rings. The van der Waals surface area contributed by atoms with E-state index < -0.39 is 0 Å². The van der Waals surface area contributed by atoms with Crippen molar-refractivity contribution in [2.75, 3.05) is 19.8 Å². The first kappa shape index (κ1) is 13.7. The molecule has 17 heavy (non-hydrogen) atoms. The van der Waals surface area contributed by atoms with Crippen LogP contribution in [0.25, 0.3) is 0 Å². The van der Waals surface area contributed by atoms with Crippen LogP contribution in [0.15, 0.2) is 24.3 Å². The highest BCUT2D eigenvalue weighted by Gasteiger charge is 2.23. The summed E-state index contributed by atoms with van der Waals surface area (Å²) in [5.41, 5.74) is 2.07. The summed E-state index contributed by atoms with van der Waals surface area (Å²) in [6, 6.07) is 7.84. The van der Waals surface area contributed by atoms with Crippen molar-refractivity contribution in [2.45, 2.75) is 26.7 Å². The van der Waals surface area contributed by atoms with E-state index in [9.17, 15) is 4.79 Å². The van der Waals surface area contributed by atoms with Gasteiger partial charge in [0.2, 0.25) is 0 Å². The third-order valence-corrected chi connectivity index (χ3v) is 2.62. The molecule has 3 nitrogen and oxygen atoms in total. The molecule has 94 valence electrons. The SMILES string of the molecule is CCOCC(C(=O)OCC)c1ccccc1C. The first-order chi connectivity index (χ1) is 8.20. The van der Waals surface area contributed by atoms with Gasteiger partial charge in [-0.3, -0.25) is 4.79 Å². The molecule has 0 fully saturated rings. The van der Waals surface area contributed by atoms with E-state index in [0.29, 0.717) is 19.8 Å². The van der Waals surface area contributed by atoms with E-state index in [1.165, 1.54) is 0 Å². The maximum Gasteiger partial charge on any atom is 0.315 e. The molecule has 0 amide bonds. The van der Waals surface area contributed by atoms with Crippen molar-refractivity contribution in [2.24, 2.45) is 0 Å². The molecule has 0 radical (unpaired) electrons. The van der Waals surface area contributed by atoms with E-state index in [1.807, 2.05) is 45.0 Å². The zero-order valence-corrected chi connectivity index (χ0v) is 10.7. The molecular weight excluding hydrogens is 216 g/mol. The second kappa shape index (κ2) is 7.07. The molecule has 0 spiro atoms. The predicted octanol–water partition coefficient (Wildman–Crippen LogP) is 2.68. The molecule has 1 rings (SSSR count). The van der Waals surface area contributed by atoms with Crippen molar-refractivity contribution in [1.29, 1.82) is 0 Å². The van der Waals surface area contributed by atoms with Crippen LogP contribution in [0.4, 0.5) is 0 Å². The summed E-state index contributed by atoms with van der Waals surface area (Å²) >= 11 is 0. The van der Waals surface area contributed by atoms with Gasteiger partial charge in [0.1, 0.15) is 5.92 Å². The minimum Gasteiger partial charge on any atom is -0.465 e. The Morgan fingerprint density at radius 1 is 1.24 bits per heavy atom. The average molecular weight is 236 g/mol. The van der Waals surface area contributed by atoms with Gasteiger partial charge < -0.3 is 9.47 Å². The maximum absolute atomic E-state index is 11.9. The molecule has 0 aliphatic rings. The van der Waals surface area contributed by atoms with Gasteiger partial charge in [0.25, 0.3) is 0 Å². The highest BCUT2D eigenvalue weighted by Crippen LogP contribution is 2.21. The minimum atomic E-state index is -0.323. The van der Waals surface area contributed by atoms with Gasteiger partial charge in [0.15, 0.2) is 0 Å². The predicted molar refractivity (Wildman–Crippen MR) is 67.0 cm³/mol. The number of aryl methyl sites for hydroxylation is 1. The lowest BCUT2D eigenvalue weighted by molar-refractivity contribution is -0.146. The Hall–Kier alpha value is -1.35. The normalized spacial score (nSPS) is 12.2. The second-order valence-electron chi connectivity index (χ2n) is 3.82. The topological polar surface area (TPSA) is 35.5 Å². The summed E-state index contributed by atoms with van der Waals surface area (Å²) in [6.07, 6.45) is 0. The van der Waals surface area contributed by atoms with Crippen LogP contribution >= 0.6 is 0 Å². The zero-order valence-electron chi connectivity index (χ0n) is 10.7. The van der Waals surface area contributed by atoms with Crippen LogP contribution < -0.4 is 0 Å². The summed E-state index contributed by atoms with van der Waals surface area (Å²) in [6.45, 7) is 7.09. The first-order valence-electron chi connectivity index (χ1n) is 6.00. The summed E-state index contributed by atoms with van der Waals surface area (Å²) < 4.78 is 10.5. The molecule has 0 saturated heterocycles. The van der Waals surface area contributed by atoms with Crippen LogP contribution in [0, 0.1) is 6.92 Å². The largest absolute Gasteiger partial charge is 0.465 e. The van der Waals surface area contributed by atoms with Crippen molar-refractivity contribution < 1.29 is 14.3 Å². The summed E-state index contributed by atoms with van der Waals surface area (Å²) in [7, 11) is 0. The number of benzene rings is 1. The lowest BCUT2D eigenvalue weighted by Gasteiger charge is -2.17. The molecule has 0 N–H and O–H groups in total. The maximum atomic E-state index is 11.9. The average Bonchev–Trinajstić information content (AvgIpc) is 2.32. The van der Waals surface area contributed by atoms with E-state index in [4.69, 9.17) is 9.47 Å². The molecule has 1 unspecified atom stereocenters. The van der Waals surface area contributed by atoms with E-state index in [-0.39, 0.29) is 11.9 Å². The molecule has 1 aromatic carbocycles. The molecule has 0 aliphatic heterocycles. The van der Waals surface area contributed by atoms with Gasteiger partial charge in [-0.2, -0.15) is 0 Å². The molecule has 0 bridgehead atoms. The van der Waals surface area contributed by atoms with E-state index in [1.54, 1.807) is 0 Å². The van der Waals surface area contributed by atoms with Crippen molar-refractivity contribution in [3.8, 4) is 0 Å². The Bertz CT molecular complexity index is 360. The highest BCUT2D eigenvalue weighted by atomic mass is 16.5. The summed E-state index contributed by atoms with van der Waals surface area (Å²) in [4.78, 5) is 11.9. The third-order valence-electron chi connectivity index (χ3n) is 2.62. The standard InChI is InChI=1S/C14H20O3/c1-4-16-10-13(14(15)17-5-2)12-9-7-6-8-11(12)3/h6-9,13H,4-5,10H2,1-3H3. The zero-order chi connectivity index (χ0) is 12.7. The Labute approximate surface area is 103 Å². The Morgan fingerprint density at radius 3 is 2.53 bits per heavy atom. The smallest absolute Gasteiger partial charge is 0.315 e. The second-order valence-corrected chi connectivity index (χ2v) is 3.82. The Morgan fingerprint density at radius 2 is 1.94 bits per heavy atom. The number of carbonyl (C=O) groups is 1. The van der Waals surface area contributed by atoms with Gasteiger partial charge in [0, 0.05) is 6.61 Å². The Balaban J connectivity index is 2.89. The van der Waals surface area contributed by atoms with Crippen LogP contribution in [0.1, 0.15) is 30.9 Å². The lowest BCUT2D eigenvalue weighted by atomic mass is 9.95. The van der Waals surface area contributed by atoms with E-state index >= 15 is 0 Å². The number of rotatable bonds is 6. The van der Waals surface area contributed by atoms with Gasteiger partial charge in [0.05, 0.1) is 13.2 Å². The molecule has 1 atom stereocenters. The number of hydrogen-bond acceptors (Lipinski definition) is 3. The van der Waals surface area contributed by atoms with Crippen LogP contribution in [-0.4, -0.2) is 25.8 Å². The van der Waals surface area contributed by atoms with Gasteiger partial charge in [-0.1, -0.05) is 24.3 Å². The van der Waals surface area contributed by atoms with Crippen molar-refractivity contribution in [1.82, 2.24) is 0 Å². The van der Waals surface area contributed by atoms with E-state index in [0.717, 1.165) is 11.1 Å². The van der Waals surface area contributed by atoms with Crippen LogP contribution in [-0.2, 0) is 14.3 Å². The molecule has 0 heterocycles. The monoisotopic (exact) mass is 236 g/mol. The van der Waals surface area contributed by atoms with E-state index in [2.05, 4.69) is 0 Å².